The van der Waals surface area contributed by atoms with Gasteiger partial charge in [-0.05, 0) is 35.6 Å². The van der Waals surface area contributed by atoms with Gasteiger partial charge in [0.1, 0.15) is 22.8 Å². The van der Waals surface area contributed by atoms with Crippen LogP contribution in [0.5, 0.6) is 0 Å². The number of rotatable bonds is 3. The zero-order chi connectivity index (χ0) is 13.2. The fourth-order valence-corrected chi connectivity index (χ4v) is 2.60. The molecule has 0 radical (unpaired) electrons. The highest BCUT2D eigenvalue weighted by Gasteiger charge is 2.05. The molecule has 0 aliphatic carbocycles. The van der Waals surface area contributed by atoms with E-state index in [2.05, 4.69) is 15.3 Å². The summed E-state index contributed by atoms with van der Waals surface area (Å²) in [6, 6.07) is 7.23. The second-order valence-corrected chi connectivity index (χ2v) is 5.19. The number of anilines is 1. The molecule has 96 valence electrons. The first-order chi connectivity index (χ1) is 9.24. The number of nitrogens with one attached hydrogen (secondary N) is 1. The van der Waals surface area contributed by atoms with Gasteiger partial charge in [0.2, 0.25) is 0 Å². The Hall–Kier alpha value is -2.01. The van der Waals surface area contributed by atoms with E-state index in [1.54, 1.807) is 30.4 Å². The molecule has 3 aromatic rings. The zero-order valence-corrected chi connectivity index (χ0v) is 11.2. The maximum absolute atomic E-state index is 13.5. The topological polar surface area (TPSA) is 37.8 Å². The lowest BCUT2D eigenvalue weighted by molar-refractivity contribution is 0.616. The van der Waals surface area contributed by atoms with E-state index < -0.39 is 0 Å². The molecular formula is C14H12FN3S. The fraction of sp³-hybridized carbons (Fsp3) is 0.143. The van der Waals surface area contributed by atoms with E-state index in [0.29, 0.717) is 12.1 Å². The molecule has 0 saturated heterocycles. The summed E-state index contributed by atoms with van der Waals surface area (Å²) in [4.78, 5) is 9.37. The molecular weight excluding hydrogens is 261 g/mol. The quantitative estimate of drug-likeness (QED) is 0.789. The van der Waals surface area contributed by atoms with Crippen molar-refractivity contribution in [2.45, 2.75) is 13.5 Å². The Labute approximate surface area is 114 Å². The van der Waals surface area contributed by atoms with Crippen molar-refractivity contribution in [1.29, 1.82) is 0 Å². The number of hydrogen-bond donors (Lipinski definition) is 1. The van der Waals surface area contributed by atoms with Gasteiger partial charge in [0.05, 0.1) is 5.39 Å². The van der Waals surface area contributed by atoms with Gasteiger partial charge in [-0.25, -0.2) is 14.4 Å². The third-order valence-electron chi connectivity index (χ3n) is 2.96. The molecule has 2 heterocycles. The van der Waals surface area contributed by atoms with Crippen LogP contribution in [-0.2, 0) is 6.54 Å². The van der Waals surface area contributed by atoms with Crippen molar-refractivity contribution in [1.82, 2.24) is 9.97 Å². The Morgan fingerprint density at radius 2 is 2.16 bits per heavy atom. The Balaban J connectivity index is 1.82. The van der Waals surface area contributed by atoms with Gasteiger partial charge in [0.25, 0.3) is 0 Å². The molecule has 0 fully saturated rings. The van der Waals surface area contributed by atoms with E-state index in [1.807, 2.05) is 17.5 Å². The molecule has 3 nitrogen and oxygen atoms in total. The maximum atomic E-state index is 13.5. The molecule has 0 aliphatic rings. The van der Waals surface area contributed by atoms with Crippen LogP contribution in [0.15, 0.2) is 36.0 Å². The molecule has 1 N–H and O–H groups in total. The van der Waals surface area contributed by atoms with E-state index in [1.165, 1.54) is 6.33 Å². The van der Waals surface area contributed by atoms with Crippen LogP contribution in [0.1, 0.15) is 11.1 Å². The van der Waals surface area contributed by atoms with Crippen molar-refractivity contribution in [3.05, 3.63) is 52.9 Å². The van der Waals surface area contributed by atoms with E-state index >= 15 is 0 Å². The minimum atomic E-state index is -0.178. The summed E-state index contributed by atoms with van der Waals surface area (Å²) >= 11 is 1.58. The maximum Gasteiger partial charge on any atom is 0.138 e. The molecule has 0 unspecified atom stereocenters. The van der Waals surface area contributed by atoms with Crippen molar-refractivity contribution in [3.8, 4) is 0 Å². The Kier molecular flexibility index (Phi) is 3.13. The normalized spacial score (nSPS) is 10.8. The molecule has 19 heavy (non-hydrogen) atoms. The summed E-state index contributed by atoms with van der Waals surface area (Å²) < 4.78 is 13.5. The largest absolute Gasteiger partial charge is 0.365 e. The van der Waals surface area contributed by atoms with Crippen molar-refractivity contribution in [2.24, 2.45) is 0 Å². The lowest BCUT2D eigenvalue weighted by Crippen LogP contribution is -2.02. The van der Waals surface area contributed by atoms with Crippen molar-refractivity contribution in [3.63, 3.8) is 0 Å². The minimum absolute atomic E-state index is 0.178. The fourth-order valence-electron chi connectivity index (χ4n) is 1.86. The predicted molar refractivity (Wildman–Crippen MR) is 75.9 cm³/mol. The number of nitrogens with zero attached hydrogens (tertiary/aromatic N) is 2. The first kappa shape index (κ1) is 12.0. The molecule has 0 aliphatic heterocycles. The Morgan fingerprint density at radius 1 is 1.26 bits per heavy atom. The second-order valence-electron chi connectivity index (χ2n) is 4.30. The van der Waals surface area contributed by atoms with Gasteiger partial charge >= 0.3 is 0 Å². The average molecular weight is 273 g/mol. The lowest BCUT2D eigenvalue weighted by Gasteiger charge is -2.07. The smallest absolute Gasteiger partial charge is 0.138 e. The number of aromatic nitrogens is 2. The van der Waals surface area contributed by atoms with Crippen LogP contribution in [0.2, 0.25) is 0 Å². The van der Waals surface area contributed by atoms with Crippen LogP contribution in [0.3, 0.4) is 0 Å². The van der Waals surface area contributed by atoms with E-state index in [-0.39, 0.29) is 5.82 Å². The molecule has 2 aromatic heterocycles. The molecule has 0 spiro atoms. The SMILES string of the molecule is Cc1ccc(CNc2ncnc3sccc23)cc1F. The average Bonchev–Trinajstić information content (AvgIpc) is 2.89. The number of halogens is 1. The van der Waals surface area contributed by atoms with Crippen molar-refractivity contribution < 1.29 is 4.39 Å². The van der Waals surface area contributed by atoms with Gasteiger partial charge in [0, 0.05) is 6.54 Å². The molecule has 0 saturated carbocycles. The number of thiophene rings is 1. The minimum Gasteiger partial charge on any atom is -0.365 e. The molecule has 3 rings (SSSR count). The summed E-state index contributed by atoms with van der Waals surface area (Å²) in [7, 11) is 0. The lowest BCUT2D eigenvalue weighted by atomic mass is 10.1. The second kappa shape index (κ2) is 4.93. The van der Waals surface area contributed by atoms with Gasteiger partial charge in [-0.2, -0.15) is 0 Å². The van der Waals surface area contributed by atoms with E-state index in [4.69, 9.17) is 0 Å². The van der Waals surface area contributed by atoms with E-state index in [0.717, 1.165) is 21.6 Å². The number of benzene rings is 1. The highest BCUT2D eigenvalue weighted by molar-refractivity contribution is 7.16. The van der Waals surface area contributed by atoms with Gasteiger partial charge in [-0.3, -0.25) is 0 Å². The van der Waals surface area contributed by atoms with Crippen molar-refractivity contribution >= 4 is 27.4 Å². The highest BCUT2D eigenvalue weighted by atomic mass is 32.1. The van der Waals surface area contributed by atoms with Crippen LogP contribution < -0.4 is 5.32 Å². The molecule has 1 aromatic carbocycles. The predicted octanol–water partition coefficient (Wildman–Crippen LogP) is 3.75. The Morgan fingerprint density at radius 3 is 3.00 bits per heavy atom. The number of fused-ring (bicyclic) bond motifs is 1. The first-order valence-electron chi connectivity index (χ1n) is 5.91. The summed E-state index contributed by atoms with van der Waals surface area (Å²) in [5.41, 5.74) is 1.55. The van der Waals surface area contributed by atoms with Crippen LogP contribution in [0, 0.1) is 12.7 Å². The van der Waals surface area contributed by atoms with Crippen LogP contribution >= 0.6 is 11.3 Å². The summed E-state index contributed by atoms with van der Waals surface area (Å²) in [6.07, 6.45) is 1.54. The number of aryl methyl sites for hydroxylation is 1. The van der Waals surface area contributed by atoms with E-state index in [9.17, 15) is 4.39 Å². The zero-order valence-electron chi connectivity index (χ0n) is 10.4. The third-order valence-corrected chi connectivity index (χ3v) is 3.78. The third kappa shape index (κ3) is 2.42. The standard InChI is InChI=1S/C14H12FN3S/c1-9-2-3-10(6-12(9)15)7-16-13-11-4-5-19-14(11)18-8-17-13/h2-6,8H,7H2,1H3,(H,16,17,18). The first-order valence-corrected chi connectivity index (χ1v) is 6.79. The van der Waals surface area contributed by atoms with Crippen LogP contribution in [0.25, 0.3) is 10.2 Å². The van der Waals surface area contributed by atoms with Crippen LogP contribution in [0.4, 0.5) is 10.2 Å². The van der Waals surface area contributed by atoms with Gasteiger partial charge in [0.15, 0.2) is 0 Å². The summed E-state index contributed by atoms with van der Waals surface area (Å²) in [5, 5.41) is 6.21. The summed E-state index contributed by atoms with van der Waals surface area (Å²) in [5.74, 6) is 0.606. The van der Waals surface area contributed by atoms with Crippen LogP contribution in [-0.4, -0.2) is 9.97 Å². The van der Waals surface area contributed by atoms with Gasteiger partial charge in [-0.1, -0.05) is 12.1 Å². The summed E-state index contributed by atoms with van der Waals surface area (Å²) in [6.45, 7) is 2.30. The van der Waals surface area contributed by atoms with Crippen molar-refractivity contribution in [2.75, 3.05) is 5.32 Å². The highest BCUT2D eigenvalue weighted by Crippen LogP contribution is 2.24. The number of hydrogen-bond acceptors (Lipinski definition) is 4. The molecule has 5 heteroatoms. The van der Waals surface area contributed by atoms with Gasteiger partial charge in [-0.15, -0.1) is 11.3 Å². The molecule has 0 atom stereocenters. The van der Waals surface area contributed by atoms with Gasteiger partial charge < -0.3 is 5.32 Å². The Bertz CT molecular complexity index is 724. The monoisotopic (exact) mass is 273 g/mol. The molecule has 0 bridgehead atoms. The molecule has 0 amide bonds.